The molecule has 1 aromatic carbocycles. The maximum atomic E-state index is 12.4. The molecule has 2 nitrogen and oxygen atoms in total. The van der Waals surface area contributed by atoms with Crippen LogP contribution in [0.15, 0.2) is 29.2 Å². The summed E-state index contributed by atoms with van der Waals surface area (Å²) in [5.74, 6) is 2.23. The number of ether oxygens (including phenoxy) is 1. The summed E-state index contributed by atoms with van der Waals surface area (Å²) in [6.45, 7) is 6.86. The summed E-state index contributed by atoms with van der Waals surface area (Å²) in [5.41, 5.74) is 0.785. The van der Waals surface area contributed by atoms with Crippen LogP contribution < -0.4 is 17.0 Å². The average molecular weight is 558 g/mol. The molecule has 0 spiro atoms. The molecule has 198 valence electrons. The standard InChI is InChI=1S/C30H53O2S.BrH/c1-4-7-8-9-10-11-12-13-14-15-16-17-18-19-20-23-27-33(26-5-2)29-25-22-21-24-28(29)30(31)32-6-3;/h21-22,24-25H,4-20,23,26-27H2,1-3H3;1H/q+1;/p-1. The van der Waals surface area contributed by atoms with Crippen molar-refractivity contribution in [2.24, 2.45) is 0 Å². The van der Waals surface area contributed by atoms with E-state index in [-0.39, 0.29) is 33.8 Å². The fourth-order valence-corrected chi connectivity index (χ4v) is 6.91. The van der Waals surface area contributed by atoms with Gasteiger partial charge < -0.3 is 21.7 Å². The molecule has 0 saturated carbocycles. The zero-order valence-corrected chi connectivity index (χ0v) is 25.0. The number of unbranched alkanes of at least 4 members (excludes halogenated alkanes) is 15. The van der Waals surface area contributed by atoms with Crippen LogP contribution in [0.3, 0.4) is 0 Å². The largest absolute Gasteiger partial charge is 1.00 e. The van der Waals surface area contributed by atoms with Crippen molar-refractivity contribution >= 4 is 16.9 Å². The van der Waals surface area contributed by atoms with Crippen molar-refractivity contribution in [3.63, 3.8) is 0 Å². The van der Waals surface area contributed by atoms with E-state index < -0.39 is 0 Å². The highest BCUT2D eigenvalue weighted by Gasteiger charge is 2.27. The van der Waals surface area contributed by atoms with E-state index in [2.05, 4.69) is 26.0 Å². The number of hydrogen-bond acceptors (Lipinski definition) is 2. The Morgan fingerprint density at radius 2 is 1.12 bits per heavy atom. The first-order chi connectivity index (χ1) is 16.2. The summed E-state index contributed by atoms with van der Waals surface area (Å²) >= 11 is 0. The molecular weight excluding hydrogens is 504 g/mol. The van der Waals surface area contributed by atoms with Crippen LogP contribution in [0.5, 0.6) is 0 Å². The van der Waals surface area contributed by atoms with Crippen LogP contribution in [0, 0.1) is 0 Å². The zero-order valence-electron chi connectivity index (χ0n) is 22.6. The van der Waals surface area contributed by atoms with Crippen LogP contribution in [-0.2, 0) is 15.6 Å². The molecule has 0 aliphatic carbocycles. The van der Waals surface area contributed by atoms with Crippen molar-refractivity contribution in [1.29, 1.82) is 0 Å². The molecule has 1 rings (SSSR count). The van der Waals surface area contributed by atoms with Crippen LogP contribution >= 0.6 is 0 Å². The number of esters is 1. The Labute approximate surface area is 225 Å². The lowest BCUT2D eigenvalue weighted by molar-refractivity contribution is -0.0000251. The van der Waals surface area contributed by atoms with Gasteiger partial charge in [-0.15, -0.1) is 0 Å². The van der Waals surface area contributed by atoms with Gasteiger partial charge in [-0.1, -0.05) is 116 Å². The first-order valence-corrected chi connectivity index (χ1v) is 15.7. The Morgan fingerprint density at radius 3 is 1.59 bits per heavy atom. The van der Waals surface area contributed by atoms with E-state index in [1.807, 2.05) is 19.1 Å². The van der Waals surface area contributed by atoms with Gasteiger partial charge in [-0.05, 0) is 38.3 Å². The van der Waals surface area contributed by atoms with E-state index in [1.54, 1.807) is 0 Å². The van der Waals surface area contributed by atoms with Crippen molar-refractivity contribution in [2.45, 2.75) is 135 Å². The van der Waals surface area contributed by atoms with Gasteiger partial charge in [0.2, 0.25) is 0 Å². The normalized spacial score (nSPS) is 11.7. The second-order valence-corrected chi connectivity index (χ2v) is 11.7. The van der Waals surface area contributed by atoms with E-state index in [9.17, 15) is 4.79 Å². The monoisotopic (exact) mass is 556 g/mol. The number of hydrogen-bond donors (Lipinski definition) is 0. The predicted molar refractivity (Wildman–Crippen MR) is 148 cm³/mol. The molecule has 0 aliphatic heterocycles. The molecular formula is C30H53BrO2S. The summed E-state index contributed by atoms with van der Waals surface area (Å²) in [6, 6.07) is 8.12. The van der Waals surface area contributed by atoms with Gasteiger partial charge in [0.15, 0.2) is 4.90 Å². The number of benzene rings is 1. The van der Waals surface area contributed by atoms with Crippen molar-refractivity contribution in [3.8, 4) is 0 Å². The third-order valence-corrected chi connectivity index (χ3v) is 9.05. The Bertz CT molecular complexity index is 593. The Kier molecular flexibility index (Phi) is 23.9. The van der Waals surface area contributed by atoms with Gasteiger partial charge >= 0.3 is 5.97 Å². The molecule has 0 aliphatic rings. The van der Waals surface area contributed by atoms with Crippen LogP contribution in [-0.4, -0.2) is 24.1 Å². The van der Waals surface area contributed by atoms with Crippen LogP contribution in [0.4, 0.5) is 0 Å². The number of halogens is 1. The lowest BCUT2D eigenvalue weighted by Crippen LogP contribution is -3.00. The first-order valence-electron chi connectivity index (χ1n) is 14.2. The van der Waals surface area contributed by atoms with Crippen LogP contribution in [0.25, 0.3) is 0 Å². The molecule has 1 aromatic rings. The molecule has 0 bridgehead atoms. The van der Waals surface area contributed by atoms with Crippen molar-refractivity contribution in [2.75, 3.05) is 18.1 Å². The summed E-state index contributed by atoms with van der Waals surface area (Å²) in [6.07, 6.45) is 23.7. The Balaban J connectivity index is 0.0000109. The maximum Gasteiger partial charge on any atom is 0.343 e. The second-order valence-electron chi connectivity index (χ2n) is 9.42. The minimum atomic E-state index is -0.159. The molecule has 0 aromatic heterocycles. The van der Waals surface area contributed by atoms with Crippen molar-refractivity contribution in [1.82, 2.24) is 0 Å². The Hall–Kier alpha value is -0.480. The lowest BCUT2D eigenvalue weighted by Gasteiger charge is -2.11. The fraction of sp³-hybridized carbons (Fsp3) is 0.767. The molecule has 1 unspecified atom stereocenters. The average Bonchev–Trinajstić information content (AvgIpc) is 2.83. The van der Waals surface area contributed by atoms with E-state index in [0.29, 0.717) is 6.61 Å². The fourth-order valence-electron chi connectivity index (χ4n) is 4.49. The highest BCUT2D eigenvalue weighted by atomic mass is 79.9. The third-order valence-electron chi connectivity index (χ3n) is 6.39. The smallest absolute Gasteiger partial charge is 0.343 e. The number of carbonyl (C=O) groups excluding carboxylic acids is 1. The predicted octanol–water partition coefficient (Wildman–Crippen LogP) is 6.52. The topological polar surface area (TPSA) is 26.3 Å². The molecule has 0 N–H and O–H groups in total. The minimum absolute atomic E-state index is 0. The minimum Gasteiger partial charge on any atom is -1.00 e. The molecule has 1 atom stereocenters. The second kappa shape index (κ2) is 24.2. The van der Waals surface area contributed by atoms with Gasteiger partial charge in [0.1, 0.15) is 17.1 Å². The van der Waals surface area contributed by atoms with Crippen molar-refractivity contribution < 1.29 is 26.5 Å². The van der Waals surface area contributed by atoms with E-state index in [4.69, 9.17) is 4.74 Å². The molecule has 0 heterocycles. The van der Waals surface area contributed by atoms with Gasteiger partial charge in [0.25, 0.3) is 0 Å². The van der Waals surface area contributed by atoms with E-state index >= 15 is 0 Å². The quantitative estimate of drug-likeness (QED) is 0.0922. The zero-order chi connectivity index (χ0) is 24.0. The lowest BCUT2D eigenvalue weighted by atomic mass is 10.0. The van der Waals surface area contributed by atoms with Gasteiger partial charge in [0, 0.05) is 10.9 Å². The van der Waals surface area contributed by atoms with Gasteiger partial charge in [-0.2, -0.15) is 0 Å². The Morgan fingerprint density at radius 1 is 0.647 bits per heavy atom. The molecule has 0 radical (unpaired) electrons. The molecule has 34 heavy (non-hydrogen) atoms. The molecule has 0 saturated heterocycles. The third kappa shape index (κ3) is 16.2. The summed E-state index contributed by atoms with van der Waals surface area (Å²) in [7, 11) is 0.158. The SMILES string of the molecule is CCCCCCCCCCCCCCCCCC[S+](CCC)c1ccccc1C(=O)OCC.[Br-]. The molecule has 0 fully saturated rings. The number of carbonyl (C=O) groups is 1. The van der Waals surface area contributed by atoms with Crippen LogP contribution in [0.2, 0.25) is 0 Å². The van der Waals surface area contributed by atoms with Gasteiger partial charge in [-0.25, -0.2) is 4.79 Å². The highest BCUT2D eigenvalue weighted by molar-refractivity contribution is 7.97. The summed E-state index contributed by atoms with van der Waals surface area (Å²) < 4.78 is 5.30. The van der Waals surface area contributed by atoms with Crippen LogP contribution in [0.1, 0.15) is 140 Å². The van der Waals surface area contributed by atoms with Gasteiger partial charge in [-0.3, -0.25) is 0 Å². The highest BCUT2D eigenvalue weighted by Crippen LogP contribution is 2.23. The molecule has 4 heteroatoms. The van der Waals surface area contributed by atoms with Crippen molar-refractivity contribution in [3.05, 3.63) is 29.8 Å². The van der Waals surface area contributed by atoms with E-state index in [1.165, 1.54) is 126 Å². The summed E-state index contributed by atoms with van der Waals surface area (Å²) in [5, 5.41) is 0. The maximum absolute atomic E-state index is 12.4. The first kappa shape index (κ1) is 33.5. The molecule has 0 amide bonds. The number of rotatable bonds is 22. The summed E-state index contributed by atoms with van der Waals surface area (Å²) in [4.78, 5) is 13.6. The van der Waals surface area contributed by atoms with E-state index in [0.717, 1.165) is 5.56 Å². The van der Waals surface area contributed by atoms with Gasteiger partial charge in [0.05, 0.1) is 6.61 Å².